The zero-order valence-electron chi connectivity index (χ0n) is 10.8. The van der Waals surface area contributed by atoms with Crippen LogP contribution < -0.4 is 5.73 Å². The highest BCUT2D eigenvalue weighted by atomic mass is 16.6. The molecule has 1 saturated carbocycles. The second-order valence-corrected chi connectivity index (χ2v) is 6.28. The Balaban J connectivity index is 1.85. The number of nitrogens with two attached hydrogens (primary N) is 1. The summed E-state index contributed by atoms with van der Waals surface area (Å²) in [6.45, 7) is 5.40. The van der Waals surface area contributed by atoms with Crippen molar-refractivity contribution in [3.05, 3.63) is 0 Å². The molecular formula is C12H18N2O4. The topological polar surface area (TPSA) is 81.9 Å². The van der Waals surface area contributed by atoms with Gasteiger partial charge in [0.05, 0.1) is 12.1 Å². The maximum Gasteiger partial charge on any atom is 0.411 e. The van der Waals surface area contributed by atoms with E-state index in [1.165, 1.54) is 4.90 Å². The minimum Gasteiger partial charge on any atom is -0.459 e. The van der Waals surface area contributed by atoms with Crippen molar-refractivity contribution in [1.82, 2.24) is 4.90 Å². The minimum absolute atomic E-state index is 0.0463. The zero-order chi connectivity index (χ0) is 13.2. The number of hydrogen-bond donors (Lipinski definition) is 1. The van der Waals surface area contributed by atoms with Gasteiger partial charge in [-0.15, -0.1) is 0 Å². The Kier molecular flexibility index (Phi) is 2.21. The number of rotatable bonds is 0. The molecule has 2 bridgehead atoms. The van der Waals surface area contributed by atoms with Crippen molar-refractivity contribution in [2.45, 2.75) is 57.0 Å². The molecule has 18 heavy (non-hydrogen) atoms. The van der Waals surface area contributed by atoms with Crippen LogP contribution in [0.15, 0.2) is 0 Å². The Morgan fingerprint density at radius 3 is 2.78 bits per heavy atom. The summed E-state index contributed by atoms with van der Waals surface area (Å²) in [7, 11) is 0. The number of likely N-dealkylation sites (tertiary alicyclic amines) is 1. The van der Waals surface area contributed by atoms with Crippen LogP contribution in [0.25, 0.3) is 0 Å². The number of fused-ring (bicyclic) bond motifs is 1. The van der Waals surface area contributed by atoms with Crippen molar-refractivity contribution in [3.63, 3.8) is 0 Å². The Morgan fingerprint density at radius 1 is 1.50 bits per heavy atom. The lowest BCUT2D eigenvalue weighted by atomic mass is 9.97. The monoisotopic (exact) mass is 254 g/mol. The number of esters is 1. The van der Waals surface area contributed by atoms with Gasteiger partial charge in [0.25, 0.3) is 0 Å². The van der Waals surface area contributed by atoms with Gasteiger partial charge in [-0.25, -0.2) is 9.59 Å². The van der Waals surface area contributed by atoms with E-state index >= 15 is 0 Å². The second-order valence-electron chi connectivity index (χ2n) is 6.28. The molecule has 0 aromatic rings. The van der Waals surface area contributed by atoms with Gasteiger partial charge >= 0.3 is 12.1 Å². The normalized spacial score (nSPS) is 41.2. The van der Waals surface area contributed by atoms with Crippen LogP contribution in [0.2, 0.25) is 0 Å². The third kappa shape index (κ3) is 1.44. The quantitative estimate of drug-likeness (QED) is 0.626. The number of nitrogens with zero attached hydrogens (tertiary/aromatic N) is 1. The van der Waals surface area contributed by atoms with E-state index in [4.69, 9.17) is 15.2 Å². The van der Waals surface area contributed by atoms with E-state index in [9.17, 15) is 9.59 Å². The molecule has 5 atom stereocenters. The highest BCUT2D eigenvalue weighted by Gasteiger charge is 2.66. The van der Waals surface area contributed by atoms with Gasteiger partial charge in [-0.2, -0.15) is 0 Å². The SMILES string of the molecule is CC(C)(C)OC(=O)N1[C@@H]2C(=O)O[C@@H]3[C@H](N)[C@@H]1C[C@@H]32. The standard InChI is InChI=1S/C12H18N2O4/c1-12(2,3)18-11(16)14-6-4-5-8(14)10(15)17-9(5)7(6)13/h5-9H,4,13H2,1-3H3/t5-,6+,7-,8+,9+/m1/s1. The number of hydrogen-bond acceptors (Lipinski definition) is 5. The lowest BCUT2D eigenvalue weighted by Crippen LogP contribution is -2.56. The fourth-order valence-corrected chi connectivity index (χ4v) is 3.32. The largest absolute Gasteiger partial charge is 0.459 e. The van der Waals surface area contributed by atoms with E-state index in [0.29, 0.717) is 0 Å². The fourth-order valence-electron chi connectivity index (χ4n) is 3.32. The van der Waals surface area contributed by atoms with Gasteiger partial charge < -0.3 is 15.2 Å². The first kappa shape index (κ1) is 11.8. The van der Waals surface area contributed by atoms with Gasteiger partial charge in [0.15, 0.2) is 0 Å². The van der Waals surface area contributed by atoms with Crippen molar-refractivity contribution in [1.29, 1.82) is 0 Å². The summed E-state index contributed by atoms with van der Waals surface area (Å²) >= 11 is 0. The molecule has 0 aromatic carbocycles. The van der Waals surface area contributed by atoms with Gasteiger partial charge in [0.1, 0.15) is 17.7 Å². The van der Waals surface area contributed by atoms with Crippen LogP contribution in [0.5, 0.6) is 0 Å². The first-order chi connectivity index (χ1) is 8.29. The van der Waals surface area contributed by atoms with Crippen molar-refractivity contribution >= 4 is 12.1 Å². The third-order valence-electron chi connectivity index (χ3n) is 3.92. The maximum absolute atomic E-state index is 12.2. The number of carbonyl (C=O) groups excluding carboxylic acids is 2. The van der Waals surface area contributed by atoms with Gasteiger partial charge in [0.2, 0.25) is 0 Å². The average Bonchev–Trinajstić information content (AvgIpc) is 2.78. The van der Waals surface area contributed by atoms with Gasteiger partial charge in [-0.05, 0) is 27.2 Å². The van der Waals surface area contributed by atoms with E-state index in [1.807, 2.05) is 0 Å². The number of amides is 1. The number of carbonyl (C=O) groups is 2. The Hall–Kier alpha value is -1.30. The van der Waals surface area contributed by atoms with Crippen LogP contribution in [0.4, 0.5) is 4.79 Å². The summed E-state index contributed by atoms with van der Waals surface area (Å²) in [6, 6.07) is -0.911. The van der Waals surface area contributed by atoms with Crippen molar-refractivity contribution in [2.24, 2.45) is 11.7 Å². The first-order valence-corrected chi connectivity index (χ1v) is 6.27. The molecule has 100 valence electrons. The molecule has 0 unspecified atom stereocenters. The molecule has 0 spiro atoms. The van der Waals surface area contributed by atoms with E-state index in [0.717, 1.165) is 6.42 Å². The number of piperidine rings is 1. The summed E-state index contributed by atoms with van der Waals surface area (Å²) in [5, 5.41) is 0. The smallest absolute Gasteiger partial charge is 0.411 e. The molecule has 3 aliphatic rings. The molecule has 0 aromatic heterocycles. The molecule has 2 N–H and O–H groups in total. The molecule has 3 fully saturated rings. The summed E-state index contributed by atoms with van der Waals surface area (Å²) in [5.41, 5.74) is 5.45. The summed E-state index contributed by atoms with van der Waals surface area (Å²) in [6.07, 6.45) is 0.0560. The molecule has 2 saturated heterocycles. The van der Waals surface area contributed by atoms with Crippen LogP contribution in [0.1, 0.15) is 27.2 Å². The van der Waals surface area contributed by atoms with E-state index in [2.05, 4.69) is 0 Å². The highest BCUT2D eigenvalue weighted by Crippen LogP contribution is 2.48. The highest BCUT2D eigenvalue weighted by molar-refractivity contribution is 5.86. The molecule has 6 nitrogen and oxygen atoms in total. The Bertz CT molecular complexity index is 417. The van der Waals surface area contributed by atoms with Crippen molar-refractivity contribution in [2.75, 3.05) is 0 Å². The molecule has 1 amide bonds. The Labute approximate surface area is 105 Å². The molecule has 3 rings (SSSR count). The minimum atomic E-state index is -0.578. The van der Waals surface area contributed by atoms with Gasteiger partial charge in [-0.3, -0.25) is 4.90 Å². The van der Waals surface area contributed by atoms with Crippen LogP contribution in [-0.4, -0.2) is 46.8 Å². The fraction of sp³-hybridized carbons (Fsp3) is 0.833. The molecule has 6 heteroatoms. The Morgan fingerprint density at radius 2 is 2.17 bits per heavy atom. The predicted octanol–water partition coefficient (Wildman–Crippen LogP) is 0.247. The zero-order valence-corrected chi connectivity index (χ0v) is 10.8. The van der Waals surface area contributed by atoms with Crippen LogP contribution in [0, 0.1) is 5.92 Å². The van der Waals surface area contributed by atoms with Gasteiger partial charge in [0, 0.05) is 5.92 Å². The van der Waals surface area contributed by atoms with E-state index < -0.39 is 17.7 Å². The van der Waals surface area contributed by atoms with Crippen molar-refractivity contribution in [3.8, 4) is 0 Å². The first-order valence-electron chi connectivity index (χ1n) is 6.27. The average molecular weight is 254 g/mol. The van der Waals surface area contributed by atoms with Crippen LogP contribution >= 0.6 is 0 Å². The van der Waals surface area contributed by atoms with Crippen LogP contribution in [0.3, 0.4) is 0 Å². The third-order valence-corrected chi connectivity index (χ3v) is 3.92. The molecule has 2 heterocycles. The number of ether oxygens (including phenoxy) is 2. The molecular weight excluding hydrogens is 236 g/mol. The molecule has 1 aliphatic carbocycles. The van der Waals surface area contributed by atoms with E-state index in [1.54, 1.807) is 20.8 Å². The molecule has 0 radical (unpaired) electrons. The summed E-state index contributed by atoms with van der Waals surface area (Å²) < 4.78 is 10.6. The van der Waals surface area contributed by atoms with Gasteiger partial charge in [-0.1, -0.05) is 0 Å². The van der Waals surface area contributed by atoms with Crippen molar-refractivity contribution < 1.29 is 19.1 Å². The second kappa shape index (κ2) is 3.38. The summed E-state index contributed by atoms with van der Waals surface area (Å²) in [5.74, 6) is -0.295. The van der Waals surface area contributed by atoms with E-state index in [-0.39, 0.29) is 30.1 Å². The lowest BCUT2D eigenvalue weighted by Gasteiger charge is -2.34. The molecule has 2 aliphatic heterocycles. The van der Waals surface area contributed by atoms with Crippen LogP contribution in [-0.2, 0) is 14.3 Å². The lowest BCUT2D eigenvalue weighted by molar-refractivity contribution is -0.143. The summed E-state index contributed by atoms with van der Waals surface area (Å²) in [4.78, 5) is 25.5. The predicted molar refractivity (Wildman–Crippen MR) is 61.6 cm³/mol. The maximum atomic E-state index is 12.2.